The number of phenols is 1. The average Bonchev–Trinajstić information content (AvgIpc) is 3.70. The van der Waals surface area contributed by atoms with E-state index < -0.39 is 64.1 Å². The molecule has 6 rings (SSSR count). The maximum atomic E-state index is 13.8. The molecule has 3 heterocycles. The Bertz CT molecular complexity index is 2280. The summed E-state index contributed by atoms with van der Waals surface area (Å²) < 4.78 is 99.5. The lowest BCUT2D eigenvalue weighted by Gasteiger charge is -2.27. The van der Waals surface area contributed by atoms with E-state index >= 15 is 0 Å². The van der Waals surface area contributed by atoms with Crippen molar-refractivity contribution in [3.8, 4) is 33.9 Å². The lowest BCUT2D eigenvalue weighted by atomic mass is 9.97. The third-order valence-electron chi connectivity index (χ3n) is 9.74. The predicted molar refractivity (Wildman–Crippen MR) is 203 cm³/mol. The van der Waals surface area contributed by atoms with E-state index in [9.17, 15) is 50.6 Å². The molecule has 1 saturated heterocycles. The fraction of sp³-hybridized carbons (Fsp3) is 0.375. The number of piperidine rings is 1. The van der Waals surface area contributed by atoms with Gasteiger partial charge in [0.25, 0.3) is 11.8 Å². The predicted octanol–water partition coefficient (Wildman–Crippen LogP) is 7.25. The number of aromatic nitrogens is 2. The SMILES string of the molecule is Cn1nc(C(F)(F)F)cc1-c1ccc(OCCCCCOCCOCCNc2cccc3c2C(=O)N(C2CCC(=O)NC2=O)C3=O)c(-c2ccc(Cl)c(C(F)(F)F)c2)c1O. The third kappa shape index (κ3) is 9.69. The van der Waals surface area contributed by atoms with Crippen molar-refractivity contribution < 1.29 is 64.8 Å². The lowest BCUT2D eigenvalue weighted by Crippen LogP contribution is -2.54. The maximum absolute atomic E-state index is 13.8. The molecule has 1 unspecified atom stereocenters. The Labute approximate surface area is 343 Å². The zero-order valence-corrected chi connectivity index (χ0v) is 32.6. The van der Waals surface area contributed by atoms with Gasteiger partial charge in [-0.15, -0.1) is 0 Å². The van der Waals surface area contributed by atoms with Crippen LogP contribution in [0.3, 0.4) is 0 Å². The van der Waals surface area contributed by atoms with Crippen LogP contribution in [-0.4, -0.2) is 89.0 Å². The van der Waals surface area contributed by atoms with Crippen LogP contribution in [0, 0.1) is 0 Å². The number of phenolic OH excluding ortho intramolecular Hbond substituents is 1. The molecule has 0 spiro atoms. The van der Waals surface area contributed by atoms with E-state index in [-0.39, 0.29) is 78.5 Å². The number of fused-ring (bicyclic) bond motifs is 1. The molecule has 0 aliphatic carbocycles. The standard InChI is InChI=1S/C40H38ClF6N5O8/c1-51-29(21-31(50-51)40(45,46)47)23-9-12-30(33(35(23)54)22-8-10-26(41)25(20-22)39(42,43)44)60-16-4-2-3-15-58-18-19-59-17-14-48-27-7-5-6-24-34(27)38(57)52(37(24)56)28-11-13-32(53)49-36(28)55/h5-10,12,20-21,28,48,54H,2-4,11,13-19H2,1H3,(H,49,53,55). The van der Waals surface area contributed by atoms with E-state index in [0.717, 1.165) is 27.8 Å². The van der Waals surface area contributed by atoms with Gasteiger partial charge >= 0.3 is 12.4 Å². The molecule has 0 saturated carbocycles. The number of nitrogens with one attached hydrogen (secondary N) is 2. The Balaban J connectivity index is 0.949. The third-order valence-corrected chi connectivity index (χ3v) is 10.1. The summed E-state index contributed by atoms with van der Waals surface area (Å²) in [5.74, 6) is -2.99. The van der Waals surface area contributed by atoms with Crippen molar-refractivity contribution >= 4 is 40.9 Å². The van der Waals surface area contributed by atoms with Crippen molar-refractivity contribution in [2.75, 3.05) is 44.9 Å². The molecule has 2 aliphatic rings. The molecule has 320 valence electrons. The zero-order chi connectivity index (χ0) is 43.4. The second-order valence-electron chi connectivity index (χ2n) is 13.8. The van der Waals surface area contributed by atoms with Crippen LogP contribution < -0.4 is 15.4 Å². The number of benzene rings is 3. The molecule has 3 aromatic carbocycles. The van der Waals surface area contributed by atoms with Gasteiger partial charge in [0.15, 0.2) is 5.69 Å². The Hall–Kier alpha value is -5.66. The fourth-order valence-corrected chi connectivity index (χ4v) is 7.07. The van der Waals surface area contributed by atoms with Crippen LogP contribution in [0.25, 0.3) is 22.4 Å². The summed E-state index contributed by atoms with van der Waals surface area (Å²) >= 11 is 5.82. The van der Waals surface area contributed by atoms with Gasteiger partial charge in [-0.3, -0.25) is 34.1 Å². The number of amides is 4. The normalized spacial score (nSPS) is 15.7. The Morgan fingerprint density at radius 2 is 1.58 bits per heavy atom. The van der Waals surface area contributed by atoms with E-state index in [1.54, 1.807) is 12.1 Å². The minimum atomic E-state index is -4.84. The number of unbranched alkanes of at least 4 members (excludes halogenated alkanes) is 2. The minimum absolute atomic E-state index is 0.00117. The highest BCUT2D eigenvalue weighted by molar-refractivity contribution is 6.31. The average molecular weight is 866 g/mol. The van der Waals surface area contributed by atoms with Crippen molar-refractivity contribution in [1.82, 2.24) is 20.0 Å². The summed E-state index contributed by atoms with van der Waals surface area (Å²) in [5, 5.41) is 19.5. The number of carbonyl (C=O) groups excluding carboxylic acids is 4. The number of imide groups is 2. The number of hydrogen-bond donors (Lipinski definition) is 3. The Morgan fingerprint density at radius 3 is 2.28 bits per heavy atom. The monoisotopic (exact) mass is 865 g/mol. The maximum Gasteiger partial charge on any atom is 0.435 e. The Kier molecular flexibility index (Phi) is 13.4. The molecule has 3 N–H and O–H groups in total. The number of ether oxygens (including phenoxy) is 3. The zero-order valence-electron chi connectivity index (χ0n) is 31.8. The molecule has 4 aromatic rings. The summed E-state index contributed by atoms with van der Waals surface area (Å²) in [6, 6.07) is 10.0. The first-order valence-corrected chi connectivity index (χ1v) is 19.1. The highest BCUT2D eigenvalue weighted by Crippen LogP contribution is 2.47. The van der Waals surface area contributed by atoms with Gasteiger partial charge in [0.2, 0.25) is 11.8 Å². The Morgan fingerprint density at radius 1 is 0.850 bits per heavy atom. The number of nitrogens with zero attached hydrogens (tertiary/aromatic N) is 3. The summed E-state index contributed by atoms with van der Waals surface area (Å²) in [4.78, 5) is 51.0. The van der Waals surface area contributed by atoms with Gasteiger partial charge in [-0.1, -0.05) is 23.7 Å². The highest BCUT2D eigenvalue weighted by Gasteiger charge is 2.45. The van der Waals surface area contributed by atoms with Crippen LogP contribution in [0.1, 0.15) is 64.1 Å². The van der Waals surface area contributed by atoms with E-state index in [4.69, 9.17) is 25.8 Å². The van der Waals surface area contributed by atoms with Gasteiger partial charge in [0, 0.05) is 37.9 Å². The molecule has 2 aliphatic heterocycles. The smallest absolute Gasteiger partial charge is 0.435 e. The molecule has 1 aromatic heterocycles. The molecule has 0 radical (unpaired) electrons. The number of aryl methyl sites for hydroxylation is 1. The van der Waals surface area contributed by atoms with Crippen LogP contribution in [0.2, 0.25) is 5.02 Å². The molecule has 0 bridgehead atoms. The number of aromatic hydroxyl groups is 1. The minimum Gasteiger partial charge on any atom is -0.506 e. The first-order chi connectivity index (χ1) is 28.5. The molecular weight excluding hydrogens is 828 g/mol. The number of carbonyl (C=O) groups is 4. The first kappa shape index (κ1) is 43.9. The number of rotatable bonds is 17. The summed E-state index contributed by atoms with van der Waals surface area (Å²) in [7, 11) is 1.24. The number of halogens is 7. The molecule has 20 heteroatoms. The first-order valence-electron chi connectivity index (χ1n) is 18.7. The second-order valence-corrected chi connectivity index (χ2v) is 14.2. The van der Waals surface area contributed by atoms with Crippen molar-refractivity contribution in [3.63, 3.8) is 0 Å². The molecular formula is C40H38ClF6N5O8. The van der Waals surface area contributed by atoms with Gasteiger partial charge in [-0.05, 0) is 73.7 Å². The molecule has 13 nitrogen and oxygen atoms in total. The van der Waals surface area contributed by atoms with E-state index in [0.29, 0.717) is 38.1 Å². The van der Waals surface area contributed by atoms with Crippen LogP contribution >= 0.6 is 11.6 Å². The van der Waals surface area contributed by atoms with Crippen LogP contribution in [0.4, 0.5) is 32.0 Å². The molecule has 1 atom stereocenters. The van der Waals surface area contributed by atoms with E-state index in [1.807, 2.05) is 0 Å². The van der Waals surface area contributed by atoms with E-state index in [1.165, 1.54) is 31.3 Å². The topological polar surface area (TPSA) is 161 Å². The second kappa shape index (κ2) is 18.3. The number of hydrogen-bond acceptors (Lipinski definition) is 10. The van der Waals surface area contributed by atoms with Gasteiger partial charge in [-0.25, -0.2) is 0 Å². The van der Waals surface area contributed by atoms with Crippen molar-refractivity contribution in [2.45, 2.75) is 50.5 Å². The van der Waals surface area contributed by atoms with Crippen LogP contribution in [0.5, 0.6) is 11.5 Å². The van der Waals surface area contributed by atoms with Gasteiger partial charge < -0.3 is 24.6 Å². The number of alkyl halides is 6. The lowest BCUT2D eigenvalue weighted by molar-refractivity contribution is -0.141. The molecule has 60 heavy (non-hydrogen) atoms. The van der Waals surface area contributed by atoms with Gasteiger partial charge in [-0.2, -0.15) is 31.4 Å². The van der Waals surface area contributed by atoms with Crippen molar-refractivity contribution in [3.05, 3.63) is 82.0 Å². The van der Waals surface area contributed by atoms with Crippen LogP contribution in [0.15, 0.2) is 54.6 Å². The highest BCUT2D eigenvalue weighted by atomic mass is 35.5. The fourth-order valence-electron chi connectivity index (χ4n) is 6.84. The van der Waals surface area contributed by atoms with Crippen molar-refractivity contribution in [2.24, 2.45) is 7.05 Å². The van der Waals surface area contributed by atoms with E-state index in [2.05, 4.69) is 15.7 Å². The molecule has 4 amide bonds. The number of anilines is 1. The quantitative estimate of drug-likeness (QED) is 0.0561. The van der Waals surface area contributed by atoms with Crippen LogP contribution in [-0.2, 0) is 38.5 Å². The summed E-state index contributed by atoms with van der Waals surface area (Å²) in [5.41, 5.74) is -2.23. The summed E-state index contributed by atoms with van der Waals surface area (Å²) in [6.07, 6.45) is -7.81. The largest absolute Gasteiger partial charge is 0.506 e. The molecule has 1 fully saturated rings. The van der Waals surface area contributed by atoms with Crippen molar-refractivity contribution in [1.29, 1.82) is 0 Å². The van der Waals surface area contributed by atoms with Gasteiger partial charge in [0.05, 0.1) is 59.4 Å². The van der Waals surface area contributed by atoms with Gasteiger partial charge in [0.1, 0.15) is 17.5 Å². The summed E-state index contributed by atoms with van der Waals surface area (Å²) in [6.45, 7) is 1.55.